The number of anilines is 2. The highest BCUT2D eigenvalue weighted by Gasteiger charge is 2.40. The first-order valence-corrected chi connectivity index (χ1v) is 8.40. The standard InChI is InChI=1S/C20H19FN2O3/c1-3-22(4-2)15-9-11-16(12-10-15)23-19(25)17(18(24)20(23)26)13-5-7-14(21)8-6-13/h5-12,24H,3-4H2,1-2H3. The molecular weight excluding hydrogens is 335 g/mol. The molecule has 6 heteroatoms. The SMILES string of the molecule is CCN(CC)c1ccc(N2C(=O)C(O)=C(c3ccc(F)cc3)C2=O)cc1. The van der Waals surface area contributed by atoms with E-state index in [1.165, 1.54) is 24.3 Å². The van der Waals surface area contributed by atoms with Crippen LogP contribution in [0.3, 0.4) is 0 Å². The van der Waals surface area contributed by atoms with Crippen LogP contribution in [0.15, 0.2) is 54.3 Å². The van der Waals surface area contributed by atoms with Crippen molar-refractivity contribution < 1.29 is 19.1 Å². The maximum atomic E-state index is 13.1. The number of carbonyl (C=O) groups excluding carboxylic acids is 2. The maximum Gasteiger partial charge on any atom is 0.301 e. The van der Waals surface area contributed by atoms with Crippen LogP contribution in [0.2, 0.25) is 0 Å². The molecule has 2 amide bonds. The molecule has 1 aliphatic heterocycles. The molecule has 0 atom stereocenters. The van der Waals surface area contributed by atoms with Crippen molar-refractivity contribution in [3.05, 3.63) is 65.7 Å². The number of aliphatic hydroxyl groups excluding tert-OH is 1. The van der Waals surface area contributed by atoms with Crippen LogP contribution in [0.4, 0.5) is 15.8 Å². The molecule has 0 unspecified atom stereocenters. The van der Waals surface area contributed by atoms with Gasteiger partial charge >= 0.3 is 5.91 Å². The van der Waals surface area contributed by atoms with Crippen LogP contribution in [-0.4, -0.2) is 30.0 Å². The molecule has 1 heterocycles. The summed E-state index contributed by atoms with van der Waals surface area (Å²) in [7, 11) is 0. The molecule has 0 saturated heterocycles. The number of aliphatic hydroxyl groups is 1. The van der Waals surface area contributed by atoms with Gasteiger partial charge in [-0.25, -0.2) is 9.29 Å². The molecule has 134 valence electrons. The molecule has 26 heavy (non-hydrogen) atoms. The van der Waals surface area contributed by atoms with E-state index in [0.29, 0.717) is 11.3 Å². The molecule has 1 N–H and O–H groups in total. The second-order valence-corrected chi connectivity index (χ2v) is 5.86. The van der Waals surface area contributed by atoms with E-state index in [4.69, 9.17) is 0 Å². The minimum absolute atomic E-state index is 0.122. The molecule has 0 spiro atoms. The first-order valence-electron chi connectivity index (χ1n) is 8.40. The lowest BCUT2D eigenvalue weighted by atomic mass is 10.1. The Bertz CT molecular complexity index is 869. The van der Waals surface area contributed by atoms with Crippen LogP contribution in [0.25, 0.3) is 5.57 Å². The van der Waals surface area contributed by atoms with Gasteiger partial charge < -0.3 is 10.0 Å². The van der Waals surface area contributed by atoms with Crippen molar-refractivity contribution in [3.63, 3.8) is 0 Å². The lowest BCUT2D eigenvalue weighted by Gasteiger charge is -2.22. The van der Waals surface area contributed by atoms with Crippen LogP contribution in [0.1, 0.15) is 19.4 Å². The summed E-state index contributed by atoms with van der Waals surface area (Å²) in [6.45, 7) is 5.77. The zero-order chi connectivity index (χ0) is 18.8. The summed E-state index contributed by atoms with van der Waals surface area (Å²) in [6, 6.07) is 12.1. The summed E-state index contributed by atoms with van der Waals surface area (Å²) in [5.41, 5.74) is 1.53. The summed E-state index contributed by atoms with van der Waals surface area (Å²) in [5.74, 6) is -2.51. The monoisotopic (exact) mass is 354 g/mol. The van der Waals surface area contributed by atoms with Crippen molar-refractivity contribution >= 4 is 28.8 Å². The Morgan fingerprint density at radius 1 is 0.923 bits per heavy atom. The molecule has 0 fully saturated rings. The lowest BCUT2D eigenvalue weighted by Crippen LogP contribution is -2.31. The molecule has 3 rings (SSSR count). The average molecular weight is 354 g/mol. The third-order valence-electron chi connectivity index (χ3n) is 4.43. The Morgan fingerprint density at radius 2 is 1.50 bits per heavy atom. The molecule has 0 radical (unpaired) electrons. The average Bonchev–Trinajstić information content (AvgIpc) is 2.87. The van der Waals surface area contributed by atoms with Crippen LogP contribution < -0.4 is 9.80 Å². The Kier molecular flexibility index (Phi) is 4.75. The van der Waals surface area contributed by atoms with E-state index >= 15 is 0 Å². The van der Waals surface area contributed by atoms with E-state index in [2.05, 4.69) is 4.90 Å². The highest BCUT2D eigenvalue weighted by molar-refractivity contribution is 6.44. The van der Waals surface area contributed by atoms with E-state index in [1.54, 1.807) is 12.1 Å². The van der Waals surface area contributed by atoms with Gasteiger partial charge in [0, 0.05) is 18.8 Å². The molecule has 1 aliphatic rings. The Balaban J connectivity index is 1.92. The van der Waals surface area contributed by atoms with Gasteiger partial charge in [-0.3, -0.25) is 9.59 Å². The molecule has 0 bridgehead atoms. The van der Waals surface area contributed by atoms with E-state index < -0.39 is 23.4 Å². The van der Waals surface area contributed by atoms with Gasteiger partial charge in [-0.05, 0) is 55.8 Å². The predicted molar refractivity (Wildman–Crippen MR) is 98.4 cm³/mol. The van der Waals surface area contributed by atoms with Crippen LogP contribution in [-0.2, 0) is 9.59 Å². The summed E-state index contributed by atoms with van der Waals surface area (Å²) >= 11 is 0. The van der Waals surface area contributed by atoms with Crippen molar-refractivity contribution in [1.82, 2.24) is 0 Å². The quantitative estimate of drug-likeness (QED) is 0.835. The zero-order valence-corrected chi connectivity index (χ0v) is 14.6. The summed E-state index contributed by atoms with van der Waals surface area (Å²) in [6.07, 6.45) is 0. The van der Waals surface area contributed by atoms with E-state index in [0.717, 1.165) is 23.7 Å². The molecular formula is C20H19FN2O3. The predicted octanol–water partition coefficient (Wildman–Crippen LogP) is 3.51. The fourth-order valence-corrected chi connectivity index (χ4v) is 3.03. The first kappa shape index (κ1) is 17.7. The summed E-state index contributed by atoms with van der Waals surface area (Å²) < 4.78 is 13.1. The van der Waals surface area contributed by atoms with Gasteiger partial charge in [-0.1, -0.05) is 12.1 Å². The number of carbonyl (C=O) groups is 2. The summed E-state index contributed by atoms with van der Waals surface area (Å²) in [5, 5.41) is 10.2. The maximum absolute atomic E-state index is 13.1. The number of hydrogen-bond acceptors (Lipinski definition) is 4. The number of nitrogens with zero attached hydrogens (tertiary/aromatic N) is 2. The smallest absolute Gasteiger partial charge is 0.301 e. The number of rotatable bonds is 5. The Morgan fingerprint density at radius 3 is 2.04 bits per heavy atom. The van der Waals surface area contributed by atoms with Gasteiger partial charge in [-0.2, -0.15) is 0 Å². The fraction of sp³-hybridized carbons (Fsp3) is 0.200. The first-order chi connectivity index (χ1) is 12.5. The van der Waals surface area contributed by atoms with Crippen LogP contribution in [0.5, 0.6) is 0 Å². The van der Waals surface area contributed by atoms with Gasteiger partial charge in [0.05, 0.1) is 11.3 Å². The van der Waals surface area contributed by atoms with Gasteiger partial charge in [0.25, 0.3) is 5.91 Å². The zero-order valence-electron chi connectivity index (χ0n) is 14.6. The van der Waals surface area contributed by atoms with Gasteiger partial charge in [0.2, 0.25) is 0 Å². The molecule has 2 aromatic rings. The highest BCUT2D eigenvalue weighted by atomic mass is 19.1. The molecule has 0 aromatic heterocycles. The van der Waals surface area contributed by atoms with E-state index in [-0.39, 0.29) is 5.57 Å². The van der Waals surface area contributed by atoms with Crippen molar-refractivity contribution in [1.29, 1.82) is 0 Å². The Labute approximate surface area is 151 Å². The van der Waals surface area contributed by atoms with Crippen LogP contribution >= 0.6 is 0 Å². The van der Waals surface area contributed by atoms with E-state index in [9.17, 15) is 19.1 Å². The minimum atomic E-state index is -0.787. The van der Waals surface area contributed by atoms with Crippen molar-refractivity contribution in [2.75, 3.05) is 22.9 Å². The number of benzene rings is 2. The highest BCUT2D eigenvalue weighted by Crippen LogP contribution is 2.32. The topological polar surface area (TPSA) is 60.9 Å². The third-order valence-corrected chi connectivity index (χ3v) is 4.43. The number of halogens is 1. The molecule has 0 aliphatic carbocycles. The van der Waals surface area contributed by atoms with Crippen molar-refractivity contribution in [2.24, 2.45) is 0 Å². The lowest BCUT2D eigenvalue weighted by molar-refractivity contribution is -0.121. The second-order valence-electron chi connectivity index (χ2n) is 5.86. The molecule has 2 aromatic carbocycles. The third kappa shape index (κ3) is 2.94. The number of hydrogen-bond donors (Lipinski definition) is 1. The van der Waals surface area contributed by atoms with E-state index in [1.807, 2.05) is 26.0 Å². The van der Waals surface area contributed by atoms with Gasteiger partial charge in [0.1, 0.15) is 5.82 Å². The van der Waals surface area contributed by atoms with Gasteiger partial charge in [-0.15, -0.1) is 0 Å². The second kappa shape index (κ2) is 7.00. The van der Waals surface area contributed by atoms with Crippen LogP contribution in [0, 0.1) is 5.82 Å². The fourth-order valence-electron chi connectivity index (χ4n) is 3.03. The number of imide groups is 1. The van der Waals surface area contributed by atoms with Crippen molar-refractivity contribution in [3.8, 4) is 0 Å². The summed E-state index contributed by atoms with van der Waals surface area (Å²) in [4.78, 5) is 28.2. The molecule has 5 nitrogen and oxygen atoms in total. The Hall–Kier alpha value is -3.15. The molecule has 0 saturated carbocycles. The van der Waals surface area contributed by atoms with Crippen molar-refractivity contribution in [2.45, 2.75) is 13.8 Å². The van der Waals surface area contributed by atoms with Gasteiger partial charge in [0.15, 0.2) is 5.76 Å². The largest absolute Gasteiger partial charge is 0.502 e. The minimum Gasteiger partial charge on any atom is -0.502 e. The normalized spacial score (nSPS) is 14.3. The number of amides is 2.